The van der Waals surface area contributed by atoms with E-state index in [-0.39, 0.29) is 18.0 Å². The lowest BCUT2D eigenvalue weighted by Crippen LogP contribution is -2.16. The van der Waals surface area contributed by atoms with Crippen LogP contribution in [0.25, 0.3) is 0 Å². The van der Waals surface area contributed by atoms with Gasteiger partial charge in [-0.25, -0.2) is 0 Å². The molecule has 0 atom stereocenters. The summed E-state index contributed by atoms with van der Waals surface area (Å²) in [5, 5.41) is 13.7. The van der Waals surface area contributed by atoms with E-state index >= 15 is 0 Å². The highest BCUT2D eigenvalue weighted by Crippen LogP contribution is 2.26. The highest BCUT2D eigenvalue weighted by atomic mass is 19.4. The molecular weight excluding hydrogens is 277 g/mol. The molecule has 0 saturated carbocycles. The van der Waals surface area contributed by atoms with Crippen LogP contribution in [0, 0.1) is 10.1 Å². The van der Waals surface area contributed by atoms with E-state index in [1.165, 1.54) is 18.2 Å². The summed E-state index contributed by atoms with van der Waals surface area (Å²) < 4.78 is 40.4. The summed E-state index contributed by atoms with van der Waals surface area (Å²) in [6, 6.07) is 4.07. The molecule has 112 valence electrons. The van der Waals surface area contributed by atoms with Crippen LogP contribution in [-0.4, -0.2) is 24.3 Å². The summed E-state index contributed by atoms with van der Waals surface area (Å²) in [6.45, 7) is 0.836. The van der Waals surface area contributed by atoms with Crippen molar-refractivity contribution in [1.82, 2.24) is 0 Å². The van der Waals surface area contributed by atoms with Gasteiger partial charge >= 0.3 is 6.18 Å². The Bertz CT molecular complexity index is 464. The van der Waals surface area contributed by atoms with E-state index < -0.39 is 17.7 Å². The summed E-state index contributed by atoms with van der Waals surface area (Å²) in [4.78, 5) is 10.3. The minimum absolute atomic E-state index is 0.113. The van der Waals surface area contributed by atoms with E-state index in [1.54, 1.807) is 0 Å². The maximum Gasteiger partial charge on any atom is 0.411 e. The third-order valence-electron chi connectivity index (χ3n) is 2.36. The standard InChI is InChI=1S/C12H15F3N2O3/c1-2-5-16-10-6-9(3-4-11(10)17(18)19)7-20-8-12(13,14)15/h3-4,6,16H,2,5,7-8H2,1H3. The number of nitro groups is 1. The normalized spacial score (nSPS) is 11.4. The van der Waals surface area contributed by atoms with E-state index in [0.29, 0.717) is 12.1 Å². The first-order valence-corrected chi connectivity index (χ1v) is 5.99. The highest BCUT2D eigenvalue weighted by molar-refractivity contribution is 5.62. The minimum atomic E-state index is -4.38. The minimum Gasteiger partial charge on any atom is -0.379 e. The third kappa shape index (κ3) is 5.43. The van der Waals surface area contributed by atoms with E-state index in [1.807, 2.05) is 6.92 Å². The Morgan fingerprint density at radius 3 is 2.65 bits per heavy atom. The summed E-state index contributed by atoms with van der Waals surface area (Å²) in [7, 11) is 0. The number of alkyl halides is 3. The number of halogens is 3. The fourth-order valence-electron chi connectivity index (χ4n) is 1.52. The molecule has 0 spiro atoms. The fourth-order valence-corrected chi connectivity index (χ4v) is 1.52. The van der Waals surface area contributed by atoms with Gasteiger partial charge < -0.3 is 10.1 Å². The van der Waals surface area contributed by atoms with Crippen molar-refractivity contribution < 1.29 is 22.8 Å². The summed E-state index contributed by atoms with van der Waals surface area (Å²) in [6.07, 6.45) is -3.62. The number of rotatable bonds is 7. The van der Waals surface area contributed by atoms with Crippen molar-refractivity contribution in [3.05, 3.63) is 33.9 Å². The number of nitro benzene ring substituents is 1. The molecule has 20 heavy (non-hydrogen) atoms. The highest BCUT2D eigenvalue weighted by Gasteiger charge is 2.27. The van der Waals surface area contributed by atoms with Crippen LogP contribution in [0.2, 0.25) is 0 Å². The van der Waals surface area contributed by atoms with Gasteiger partial charge in [-0.2, -0.15) is 13.2 Å². The van der Waals surface area contributed by atoms with Gasteiger partial charge in [0.15, 0.2) is 0 Å². The first-order chi connectivity index (χ1) is 9.33. The summed E-state index contributed by atoms with van der Waals surface area (Å²) >= 11 is 0. The molecule has 0 aliphatic carbocycles. The van der Waals surface area contributed by atoms with E-state index in [0.717, 1.165) is 6.42 Å². The molecule has 8 heteroatoms. The SMILES string of the molecule is CCCNc1cc(COCC(F)(F)F)ccc1[N+](=O)[O-]. The predicted molar refractivity (Wildman–Crippen MR) is 67.6 cm³/mol. The van der Waals surface area contributed by atoms with Crippen LogP contribution in [0.5, 0.6) is 0 Å². The van der Waals surface area contributed by atoms with Crippen LogP contribution in [0.15, 0.2) is 18.2 Å². The number of hydrogen-bond donors (Lipinski definition) is 1. The van der Waals surface area contributed by atoms with Gasteiger partial charge in [0.2, 0.25) is 0 Å². The summed E-state index contributed by atoms with van der Waals surface area (Å²) in [5.41, 5.74) is 0.612. The lowest BCUT2D eigenvalue weighted by molar-refractivity contribution is -0.384. The van der Waals surface area contributed by atoms with Crippen LogP contribution in [0.3, 0.4) is 0 Å². The lowest BCUT2D eigenvalue weighted by Gasteiger charge is -2.10. The Hall–Kier alpha value is -1.83. The van der Waals surface area contributed by atoms with Crippen molar-refractivity contribution in [2.24, 2.45) is 0 Å². The number of ether oxygens (including phenoxy) is 1. The Balaban J connectivity index is 2.75. The molecule has 0 bridgehead atoms. The van der Waals surface area contributed by atoms with Crippen LogP contribution in [0.1, 0.15) is 18.9 Å². The van der Waals surface area contributed by atoms with Crippen molar-refractivity contribution in [3.63, 3.8) is 0 Å². The molecule has 0 unspecified atom stereocenters. The van der Waals surface area contributed by atoms with Crippen molar-refractivity contribution in [3.8, 4) is 0 Å². The molecule has 0 aliphatic heterocycles. The van der Waals surface area contributed by atoms with Gasteiger partial charge in [0, 0.05) is 12.6 Å². The first kappa shape index (κ1) is 16.2. The first-order valence-electron chi connectivity index (χ1n) is 5.99. The third-order valence-corrected chi connectivity index (χ3v) is 2.36. The quantitative estimate of drug-likeness (QED) is 0.617. The fraction of sp³-hybridized carbons (Fsp3) is 0.500. The lowest BCUT2D eigenvalue weighted by atomic mass is 10.2. The van der Waals surface area contributed by atoms with Gasteiger partial charge in [-0.15, -0.1) is 0 Å². The number of anilines is 1. The molecule has 0 heterocycles. The zero-order chi connectivity index (χ0) is 15.2. The van der Waals surface area contributed by atoms with Crippen molar-refractivity contribution in [1.29, 1.82) is 0 Å². The largest absolute Gasteiger partial charge is 0.411 e. The van der Waals surface area contributed by atoms with Gasteiger partial charge in [-0.1, -0.05) is 6.92 Å². The molecule has 0 aromatic heterocycles. The zero-order valence-electron chi connectivity index (χ0n) is 10.9. The molecule has 1 rings (SSSR count). The van der Waals surface area contributed by atoms with E-state index in [2.05, 4.69) is 10.1 Å². The molecule has 0 radical (unpaired) electrons. The van der Waals surface area contributed by atoms with Gasteiger partial charge in [0.05, 0.1) is 11.5 Å². The maximum atomic E-state index is 11.9. The Morgan fingerprint density at radius 2 is 2.10 bits per heavy atom. The topological polar surface area (TPSA) is 64.4 Å². The number of benzene rings is 1. The number of nitrogens with one attached hydrogen (secondary N) is 1. The molecule has 1 aromatic rings. The maximum absolute atomic E-state index is 11.9. The van der Waals surface area contributed by atoms with Gasteiger partial charge in [-0.05, 0) is 24.1 Å². The molecule has 0 saturated heterocycles. The molecule has 5 nitrogen and oxygen atoms in total. The average Bonchev–Trinajstić information content (AvgIpc) is 2.34. The van der Waals surface area contributed by atoms with Crippen molar-refractivity contribution >= 4 is 11.4 Å². The Morgan fingerprint density at radius 1 is 1.40 bits per heavy atom. The van der Waals surface area contributed by atoms with Crippen molar-refractivity contribution in [2.75, 3.05) is 18.5 Å². The second-order valence-electron chi connectivity index (χ2n) is 4.14. The Labute approximate surface area is 113 Å². The molecule has 1 N–H and O–H groups in total. The number of nitrogens with zero attached hydrogens (tertiary/aromatic N) is 1. The van der Waals surface area contributed by atoms with Crippen LogP contribution in [0.4, 0.5) is 24.5 Å². The van der Waals surface area contributed by atoms with Crippen LogP contribution < -0.4 is 5.32 Å². The van der Waals surface area contributed by atoms with E-state index in [9.17, 15) is 23.3 Å². The molecule has 0 amide bonds. The second kappa shape index (κ2) is 7.09. The Kier molecular flexibility index (Phi) is 5.75. The van der Waals surface area contributed by atoms with Gasteiger partial charge in [0.25, 0.3) is 5.69 Å². The van der Waals surface area contributed by atoms with Crippen molar-refractivity contribution in [2.45, 2.75) is 26.1 Å². The van der Waals surface area contributed by atoms with Gasteiger partial charge in [-0.3, -0.25) is 10.1 Å². The van der Waals surface area contributed by atoms with Crippen LogP contribution >= 0.6 is 0 Å². The molecule has 1 aromatic carbocycles. The smallest absolute Gasteiger partial charge is 0.379 e. The van der Waals surface area contributed by atoms with E-state index in [4.69, 9.17) is 0 Å². The zero-order valence-corrected chi connectivity index (χ0v) is 10.9. The number of hydrogen-bond acceptors (Lipinski definition) is 4. The predicted octanol–water partition coefficient (Wildman–Crippen LogP) is 3.50. The monoisotopic (exact) mass is 292 g/mol. The summed E-state index contributed by atoms with van der Waals surface area (Å²) in [5.74, 6) is 0. The molecular formula is C12H15F3N2O3. The molecule has 0 aliphatic rings. The average molecular weight is 292 g/mol. The molecule has 0 fully saturated rings. The van der Waals surface area contributed by atoms with Crippen LogP contribution in [-0.2, 0) is 11.3 Å². The second-order valence-corrected chi connectivity index (χ2v) is 4.14. The van der Waals surface area contributed by atoms with Gasteiger partial charge in [0.1, 0.15) is 12.3 Å².